The second-order valence-corrected chi connectivity index (χ2v) is 5.96. The Labute approximate surface area is 130 Å². The van der Waals surface area contributed by atoms with Crippen molar-refractivity contribution in [3.8, 4) is 0 Å². The van der Waals surface area contributed by atoms with Gasteiger partial charge in [0.05, 0.1) is 0 Å². The summed E-state index contributed by atoms with van der Waals surface area (Å²) in [5.74, 6) is 0.140. The van der Waals surface area contributed by atoms with Gasteiger partial charge in [0, 0.05) is 29.2 Å². The number of carbonyl (C=O) groups excluding carboxylic acids is 1. The number of halogens is 1. The van der Waals surface area contributed by atoms with E-state index < -0.39 is 0 Å². The van der Waals surface area contributed by atoms with Crippen LogP contribution in [0.5, 0.6) is 0 Å². The van der Waals surface area contributed by atoms with Crippen molar-refractivity contribution in [2.24, 2.45) is 0 Å². The molecule has 1 aliphatic heterocycles. The molecule has 0 fully saturated rings. The number of carbonyl (C=O) groups is 1. The molecule has 0 bridgehead atoms. The highest BCUT2D eigenvalue weighted by Gasteiger charge is 2.18. The Hall–Kier alpha value is -1.80. The van der Waals surface area contributed by atoms with Crippen LogP contribution in [0.15, 0.2) is 36.4 Å². The number of hydrogen-bond donors (Lipinski definition) is 1. The number of ketones is 1. The maximum absolute atomic E-state index is 12.6. The molecule has 0 unspecified atom stereocenters. The van der Waals surface area contributed by atoms with Crippen LogP contribution >= 0.6 is 11.6 Å². The number of fused-ring (bicyclic) bond motifs is 1. The lowest BCUT2D eigenvalue weighted by Gasteiger charge is -2.20. The van der Waals surface area contributed by atoms with Gasteiger partial charge in [-0.1, -0.05) is 35.9 Å². The average Bonchev–Trinajstić information content (AvgIpc) is 2.49. The fraction of sp³-hybridized carbons (Fsp3) is 0.278. The Morgan fingerprint density at radius 1 is 1.29 bits per heavy atom. The molecule has 0 saturated carbocycles. The second kappa shape index (κ2) is 5.90. The zero-order valence-electron chi connectivity index (χ0n) is 12.1. The molecule has 0 aromatic heterocycles. The van der Waals surface area contributed by atoms with Gasteiger partial charge in [-0.3, -0.25) is 4.79 Å². The lowest BCUT2D eigenvalue weighted by molar-refractivity contribution is 0.0992. The summed E-state index contributed by atoms with van der Waals surface area (Å²) < 4.78 is 0. The fourth-order valence-electron chi connectivity index (χ4n) is 2.84. The third-order valence-electron chi connectivity index (χ3n) is 3.96. The van der Waals surface area contributed by atoms with E-state index in [-0.39, 0.29) is 5.78 Å². The third kappa shape index (κ3) is 2.96. The van der Waals surface area contributed by atoms with Gasteiger partial charge in [0.2, 0.25) is 0 Å². The summed E-state index contributed by atoms with van der Waals surface area (Å²) in [6.45, 7) is 2.98. The molecule has 0 saturated heterocycles. The fourth-order valence-corrected chi connectivity index (χ4v) is 3.14. The maximum Gasteiger partial charge on any atom is 0.167 e. The molecule has 0 radical (unpaired) electrons. The van der Waals surface area contributed by atoms with Crippen LogP contribution in [0.3, 0.4) is 0 Å². The van der Waals surface area contributed by atoms with Crippen molar-refractivity contribution >= 4 is 23.1 Å². The average molecular weight is 300 g/mol. The first-order chi connectivity index (χ1) is 10.1. The minimum atomic E-state index is 0.140. The molecule has 108 valence electrons. The summed E-state index contributed by atoms with van der Waals surface area (Å²) in [5.41, 5.74) is 5.08. The van der Waals surface area contributed by atoms with Crippen molar-refractivity contribution in [1.29, 1.82) is 0 Å². The zero-order chi connectivity index (χ0) is 14.8. The van der Waals surface area contributed by atoms with E-state index in [1.54, 1.807) is 0 Å². The van der Waals surface area contributed by atoms with E-state index >= 15 is 0 Å². The van der Waals surface area contributed by atoms with E-state index in [0.29, 0.717) is 11.4 Å². The van der Waals surface area contributed by atoms with Crippen LogP contribution in [0, 0.1) is 6.92 Å². The molecule has 2 aromatic carbocycles. The Bertz CT molecular complexity index is 694. The van der Waals surface area contributed by atoms with E-state index in [1.807, 2.05) is 43.3 Å². The highest BCUT2D eigenvalue weighted by molar-refractivity contribution is 6.31. The third-order valence-corrected chi connectivity index (χ3v) is 4.31. The molecule has 0 spiro atoms. The first kappa shape index (κ1) is 14.2. The number of hydrogen-bond acceptors (Lipinski definition) is 2. The van der Waals surface area contributed by atoms with Crippen molar-refractivity contribution in [3.05, 3.63) is 63.7 Å². The van der Waals surface area contributed by atoms with E-state index in [4.69, 9.17) is 11.6 Å². The smallest absolute Gasteiger partial charge is 0.167 e. The Balaban J connectivity index is 1.89. The van der Waals surface area contributed by atoms with E-state index in [0.717, 1.165) is 47.3 Å². The van der Waals surface area contributed by atoms with Crippen LogP contribution in [-0.2, 0) is 12.8 Å². The first-order valence-corrected chi connectivity index (χ1v) is 7.67. The summed E-state index contributed by atoms with van der Waals surface area (Å²) >= 11 is 6.24. The second-order valence-electron chi connectivity index (χ2n) is 5.56. The van der Waals surface area contributed by atoms with Gasteiger partial charge in [0.25, 0.3) is 0 Å². The lowest BCUT2D eigenvalue weighted by Crippen LogP contribution is -2.16. The quantitative estimate of drug-likeness (QED) is 0.849. The van der Waals surface area contributed by atoms with Gasteiger partial charge in [-0.05, 0) is 48.6 Å². The predicted molar refractivity (Wildman–Crippen MR) is 87.5 cm³/mol. The molecule has 0 aliphatic carbocycles. The van der Waals surface area contributed by atoms with Crippen molar-refractivity contribution in [2.45, 2.75) is 26.2 Å². The van der Waals surface area contributed by atoms with Gasteiger partial charge in [-0.2, -0.15) is 0 Å². The highest BCUT2D eigenvalue weighted by atomic mass is 35.5. The maximum atomic E-state index is 12.6. The number of anilines is 1. The Morgan fingerprint density at radius 2 is 2.14 bits per heavy atom. The number of benzene rings is 2. The minimum Gasteiger partial charge on any atom is -0.385 e. The molecule has 0 amide bonds. The van der Waals surface area contributed by atoms with E-state index in [9.17, 15) is 4.79 Å². The van der Waals surface area contributed by atoms with Gasteiger partial charge < -0.3 is 5.32 Å². The van der Waals surface area contributed by atoms with Crippen molar-refractivity contribution in [2.75, 3.05) is 11.9 Å². The number of aryl methyl sites for hydroxylation is 1. The molecular weight excluding hydrogens is 282 g/mol. The SMILES string of the molecule is Cc1ccc(CC(=O)c2cccc3c2CCCN3)c(Cl)c1. The molecular formula is C18H18ClNO. The predicted octanol–water partition coefficient (Wildman–Crippen LogP) is 4.43. The first-order valence-electron chi connectivity index (χ1n) is 7.29. The van der Waals surface area contributed by atoms with Crippen molar-refractivity contribution in [3.63, 3.8) is 0 Å². The van der Waals surface area contributed by atoms with Gasteiger partial charge in [-0.15, -0.1) is 0 Å². The van der Waals surface area contributed by atoms with Crippen molar-refractivity contribution < 1.29 is 4.79 Å². The summed E-state index contributed by atoms with van der Waals surface area (Å²) in [4.78, 5) is 12.6. The van der Waals surface area contributed by atoms with Gasteiger partial charge in [0.15, 0.2) is 5.78 Å². The number of nitrogens with one attached hydrogen (secondary N) is 1. The van der Waals surface area contributed by atoms with Gasteiger partial charge >= 0.3 is 0 Å². The summed E-state index contributed by atoms with van der Waals surface area (Å²) in [5, 5.41) is 4.03. The monoisotopic (exact) mass is 299 g/mol. The zero-order valence-corrected chi connectivity index (χ0v) is 12.8. The molecule has 2 aromatic rings. The summed E-state index contributed by atoms with van der Waals surface area (Å²) in [6, 6.07) is 11.8. The van der Waals surface area contributed by atoms with E-state index in [1.165, 1.54) is 0 Å². The van der Waals surface area contributed by atoms with Gasteiger partial charge in [0.1, 0.15) is 0 Å². The van der Waals surface area contributed by atoms with Crippen LogP contribution in [0.1, 0.15) is 33.5 Å². The summed E-state index contributed by atoms with van der Waals surface area (Å²) in [7, 11) is 0. The summed E-state index contributed by atoms with van der Waals surface area (Å²) in [6.07, 6.45) is 2.39. The highest BCUT2D eigenvalue weighted by Crippen LogP contribution is 2.27. The van der Waals surface area contributed by atoms with Crippen LogP contribution in [-0.4, -0.2) is 12.3 Å². The standard InChI is InChI=1S/C18H18ClNO/c1-12-7-8-13(16(19)10-12)11-18(21)15-4-2-6-17-14(15)5-3-9-20-17/h2,4,6-8,10,20H,3,5,9,11H2,1H3. The van der Waals surface area contributed by atoms with Crippen LogP contribution < -0.4 is 5.32 Å². The van der Waals surface area contributed by atoms with Crippen LogP contribution in [0.25, 0.3) is 0 Å². The molecule has 3 heteroatoms. The van der Waals surface area contributed by atoms with Crippen LogP contribution in [0.2, 0.25) is 5.02 Å². The molecule has 2 nitrogen and oxygen atoms in total. The molecule has 1 N–H and O–H groups in total. The number of rotatable bonds is 3. The lowest BCUT2D eigenvalue weighted by atomic mass is 9.92. The van der Waals surface area contributed by atoms with Crippen LogP contribution in [0.4, 0.5) is 5.69 Å². The normalized spacial score (nSPS) is 13.4. The molecule has 1 aliphatic rings. The van der Waals surface area contributed by atoms with E-state index in [2.05, 4.69) is 5.32 Å². The molecule has 3 rings (SSSR count). The molecule has 1 heterocycles. The van der Waals surface area contributed by atoms with Gasteiger partial charge in [-0.25, -0.2) is 0 Å². The Kier molecular flexibility index (Phi) is 3.98. The molecule has 0 atom stereocenters. The Morgan fingerprint density at radius 3 is 2.95 bits per heavy atom. The number of Topliss-reactive ketones (excluding diaryl/α,β-unsaturated/α-hetero) is 1. The molecule has 21 heavy (non-hydrogen) atoms. The largest absolute Gasteiger partial charge is 0.385 e. The topological polar surface area (TPSA) is 29.1 Å². The van der Waals surface area contributed by atoms with Crippen molar-refractivity contribution in [1.82, 2.24) is 0 Å². The minimum absolute atomic E-state index is 0.140.